The van der Waals surface area contributed by atoms with Gasteiger partial charge in [-0.1, -0.05) is 16.8 Å². The van der Waals surface area contributed by atoms with Gasteiger partial charge >= 0.3 is 5.97 Å². The molecule has 2 aromatic heterocycles. The second-order valence-corrected chi connectivity index (χ2v) is 3.92. The number of carboxylic acids is 1. The molecule has 17 heavy (non-hydrogen) atoms. The number of aromatic nitrogens is 2. The molecule has 1 N–H and O–H groups in total. The third kappa shape index (κ3) is 2.01. The highest BCUT2D eigenvalue weighted by atomic mass is 35.5. The molecule has 0 saturated carbocycles. The Morgan fingerprint density at radius 2 is 2.18 bits per heavy atom. The number of aromatic carboxylic acids is 1. The summed E-state index contributed by atoms with van der Waals surface area (Å²) in [7, 11) is 0. The van der Waals surface area contributed by atoms with E-state index >= 15 is 0 Å². The molecule has 0 aromatic carbocycles. The largest absolute Gasteiger partial charge is 0.478 e. The molecular weight excluding hydrogens is 244 g/mol. The van der Waals surface area contributed by atoms with Gasteiger partial charge in [0, 0.05) is 17.3 Å². The van der Waals surface area contributed by atoms with E-state index in [0.29, 0.717) is 17.0 Å². The van der Waals surface area contributed by atoms with Crippen molar-refractivity contribution in [2.24, 2.45) is 0 Å². The van der Waals surface area contributed by atoms with E-state index in [1.165, 1.54) is 12.3 Å². The Morgan fingerprint density at radius 3 is 2.71 bits per heavy atom. The number of aryl methyl sites for hydroxylation is 2. The summed E-state index contributed by atoms with van der Waals surface area (Å²) in [5.74, 6) is -0.501. The molecular formula is C11H9ClN2O3. The number of nitrogens with zero attached hydrogens (tertiary/aromatic N) is 2. The number of hydrogen-bond acceptors (Lipinski definition) is 4. The number of rotatable bonds is 2. The Hall–Kier alpha value is -1.88. The first kappa shape index (κ1) is 11.6. The number of carbonyl (C=O) groups is 1. The minimum Gasteiger partial charge on any atom is -0.478 e. The van der Waals surface area contributed by atoms with Crippen molar-refractivity contribution in [3.8, 4) is 11.1 Å². The fourth-order valence-corrected chi connectivity index (χ4v) is 1.81. The average Bonchev–Trinajstić information content (AvgIpc) is 2.59. The molecule has 2 rings (SSSR count). The van der Waals surface area contributed by atoms with Crippen LogP contribution < -0.4 is 0 Å². The van der Waals surface area contributed by atoms with Crippen molar-refractivity contribution < 1.29 is 14.4 Å². The van der Waals surface area contributed by atoms with Crippen LogP contribution in [-0.4, -0.2) is 21.2 Å². The van der Waals surface area contributed by atoms with Gasteiger partial charge in [0.05, 0.1) is 11.3 Å². The van der Waals surface area contributed by atoms with E-state index in [2.05, 4.69) is 10.1 Å². The Balaban J connectivity index is 2.62. The Bertz CT molecular complexity index is 573. The third-order valence-electron chi connectivity index (χ3n) is 2.39. The second kappa shape index (κ2) is 4.18. The van der Waals surface area contributed by atoms with Crippen LogP contribution >= 0.6 is 11.6 Å². The van der Waals surface area contributed by atoms with Crippen LogP contribution in [0.2, 0.25) is 5.15 Å². The highest BCUT2D eigenvalue weighted by molar-refractivity contribution is 6.32. The van der Waals surface area contributed by atoms with Crippen molar-refractivity contribution in [2.75, 3.05) is 0 Å². The summed E-state index contributed by atoms with van der Waals surface area (Å²) in [5, 5.41) is 12.7. The molecule has 0 radical (unpaired) electrons. The molecule has 0 fully saturated rings. The van der Waals surface area contributed by atoms with Crippen molar-refractivity contribution in [3.63, 3.8) is 0 Å². The van der Waals surface area contributed by atoms with Crippen molar-refractivity contribution in [3.05, 3.63) is 34.4 Å². The van der Waals surface area contributed by atoms with Crippen LogP contribution in [0.25, 0.3) is 11.1 Å². The predicted octanol–water partition coefficient (Wildman–Crippen LogP) is 2.71. The van der Waals surface area contributed by atoms with Crippen LogP contribution in [0.5, 0.6) is 0 Å². The predicted molar refractivity (Wildman–Crippen MR) is 61.2 cm³/mol. The summed E-state index contributed by atoms with van der Waals surface area (Å²) >= 11 is 5.70. The van der Waals surface area contributed by atoms with E-state index in [1.54, 1.807) is 13.8 Å². The lowest BCUT2D eigenvalue weighted by Gasteiger charge is -2.03. The van der Waals surface area contributed by atoms with Gasteiger partial charge in [0.1, 0.15) is 10.9 Å². The molecule has 0 amide bonds. The van der Waals surface area contributed by atoms with Crippen molar-refractivity contribution >= 4 is 17.6 Å². The molecule has 0 atom stereocenters. The minimum atomic E-state index is -1.11. The monoisotopic (exact) mass is 252 g/mol. The van der Waals surface area contributed by atoms with E-state index in [0.717, 1.165) is 5.56 Å². The van der Waals surface area contributed by atoms with E-state index in [9.17, 15) is 4.79 Å². The number of halogens is 1. The van der Waals surface area contributed by atoms with Gasteiger partial charge in [-0.2, -0.15) is 0 Å². The lowest BCUT2D eigenvalue weighted by Crippen LogP contribution is -1.99. The van der Waals surface area contributed by atoms with E-state index < -0.39 is 5.97 Å². The first-order valence-corrected chi connectivity index (χ1v) is 5.20. The zero-order valence-electron chi connectivity index (χ0n) is 9.19. The molecule has 0 aliphatic heterocycles. The van der Waals surface area contributed by atoms with Crippen LogP contribution in [0.3, 0.4) is 0 Å². The smallest absolute Gasteiger partial charge is 0.338 e. The summed E-state index contributed by atoms with van der Waals surface area (Å²) in [6.07, 6.45) is 1.50. The fourth-order valence-electron chi connectivity index (χ4n) is 1.63. The van der Waals surface area contributed by atoms with Crippen LogP contribution in [0.4, 0.5) is 0 Å². The summed E-state index contributed by atoms with van der Waals surface area (Å²) < 4.78 is 5.02. The number of carboxylic acid groups (broad SMARTS) is 1. The SMILES string of the molecule is Cc1noc(C)c1-c1cnc(Cl)c(C(=O)O)c1. The highest BCUT2D eigenvalue weighted by Crippen LogP contribution is 2.28. The van der Waals surface area contributed by atoms with E-state index in [4.69, 9.17) is 21.2 Å². The lowest BCUT2D eigenvalue weighted by molar-refractivity contribution is 0.0696. The van der Waals surface area contributed by atoms with E-state index in [-0.39, 0.29) is 10.7 Å². The number of pyridine rings is 1. The normalized spacial score (nSPS) is 10.5. The Labute approximate surface area is 102 Å². The second-order valence-electron chi connectivity index (χ2n) is 3.57. The van der Waals surface area contributed by atoms with Crippen molar-refractivity contribution in [1.82, 2.24) is 10.1 Å². The molecule has 0 saturated heterocycles. The van der Waals surface area contributed by atoms with Gasteiger partial charge in [-0.3, -0.25) is 0 Å². The summed E-state index contributed by atoms with van der Waals surface area (Å²) in [5.41, 5.74) is 2.02. The minimum absolute atomic E-state index is 0.0342. The van der Waals surface area contributed by atoms with Gasteiger partial charge in [-0.15, -0.1) is 0 Å². The third-order valence-corrected chi connectivity index (χ3v) is 2.69. The van der Waals surface area contributed by atoms with Crippen molar-refractivity contribution in [2.45, 2.75) is 13.8 Å². The summed E-state index contributed by atoms with van der Waals surface area (Å²) in [6.45, 7) is 3.53. The van der Waals surface area contributed by atoms with E-state index in [1.807, 2.05) is 0 Å². The summed E-state index contributed by atoms with van der Waals surface area (Å²) in [6, 6.07) is 1.46. The molecule has 2 heterocycles. The topological polar surface area (TPSA) is 76.2 Å². The zero-order chi connectivity index (χ0) is 12.6. The fraction of sp³-hybridized carbons (Fsp3) is 0.182. The maximum absolute atomic E-state index is 10.9. The number of hydrogen-bond donors (Lipinski definition) is 1. The molecule has 88 valence electrons. The quantitative estimate of drug-likeness (QED) is 0.832. The van der Waals surface area contributed by atoms with Crippen LogP contribution in [-0.2, 0) is 0 Å². The maximum atomic E-state index is 10.9. The summed E-state index contributed by atoms with van der Waals surface area (Å²) in [4.78, 5) is 14.8. The standard InChI is InChI=1S/C11H9ClN2O3/c1-5-9(6(2)17-14-5)7-3-8(11(15)16)10(12)13-4-7/h3-4H,1-2H3,(H,15,16). The molecule has 5 nitrogen and oxygen atoms in total. The van der Waals surface area contributed by atoms with Gasteiger partial charge in [0.25, 0.3) is 0 Å². The van der Waals surface area contributed by atoms with Crippen LogP contribution in [0, 0.1) is 13.8 Å². The maximum Gasteiger partial charge on any atom is 0.338 e. The first-order valence-electron chi connectivity index (χ1n) is 4.82. The van der Waals surface area contributed by atoms with Crippen LogP contribution in [0.15, 0.2) is 16.8 Å². The van der Waals surface area contributed by atoms with Gasteiger partial charge in [-0.05, 0) is 19.9 Å². The van der Waals surface area contributed by atoms with Gasteiger partial charge < -0.3 is 9.63 Å². The molecule has 0 aliphatic rings. The molecule has 2 aromatic rings. The molecule has 0 unspecified atom stereocenters. The van der Waals surface area contributed by atoms with Crippen molar-refractivity contribution in [1.29, 1.82) is 0 Å². The van der Waals surface area contributed by atoms with Gasteiger partial charge in [0.2, 0.25) is 0 Å². The van der Waals surface area contributed by atoms with Gasteiger partial charge in [-0.25, -0.2) is 9.78 Å². The van der Waals surface area contributed by atoms with Crippen LogP contribution in [0.1, 0.15) is 21.8 Å². The molecule has 0 bridgehead atoms. The lowest BCUT2D eigenvalue weighted by atomic mass is 10.0. The molecule has 0 aliphatic carbocycles. The van der Waals surface area contributed by atoms with Gasteiger partial charge in [0.15, 0.2) is 0 Å². The molecule has 0 spiro atoms. The first-order chi connectivity index (χ1) is 8.00. The average molecular weight is 253 g/mol. The highest BCUT2D eigenvalue weighted by Gasteiger charge is 2.16. The molecule has 6 heteroatoms. The zero-order valence-corrected chi connectivity index (χ0v) is 9.95. The Kier molecular flexibility index (Phi) is 2.85. The Morgan fingerprint density at radius 1 is 1.47 bits per heavy atom.